The van der Waals surface area contributed by atoms with Crippen LogP contribution in [0.15, 0.2) is 48.6 Å². The van der Waals surface area contributed by atoms with Gasteiger partial charge in [0.15, 0.2) is 34.6 Å². The Bertz CT molecular complexity index is 973. The summed E-state index contributed by atoms with van der Waals surface area (Å²) in [7, 11) is 6.25. The number of unbranched alkanes of at least 4 members (excludes halogenated alkanes) is 1. The van der Waals surface area contributed by atoms with Crippen LogP contribution < -0.4 is 18.9 Å². The maximum atomic E-state index is 13.2. The minimum Gasteiger partial charge on any atom is -0.493 e. The van der Waals surface area contributed by atoms with E-state index in [1.54, 1.807) is 71.8 Å². The van der Waals surface area contributed by atoms with E-state index in [9.17, 15) is 9.59 Å². The molecule has 0 unspecified atom stereocenters. The average Bonchev–Trinajstić information content (AvgIpc) is 2.88. The van der Waals surface area contributed by atoms with E-state index >= 15 is 0 Å². The van der Waals surface area contributed by atoms with E-state index in [-0.39, 0.29) is 11.6 Å². The molecule has 6 nitrogen and oxygen atoms in total. The van der Waals surface area contributed by atoms with Gasteiger partial charge in [0, 0.05) is 0 Å². The van der Waals surface area contributed by atoms with Gasteiger partial charge in [0.05, 0.1) is 33.9 Å². The largest absolute Gasteiger partial charge is 0.493 e. The van der Waals surface area contributed by atoms with Crippen molar-refractivity contribution in [2.75, 3.05) is 28.4 Å². The molecule has 182 valence electrons. The SMILES string of the molecule is CCCCC(C)(C(=O)/C=C/c1ccc(OC)c(OC)c1)C(=O)/C=C/c1ccc(OC)c(OC)c1. The van der Waals surface area contributed by atoms with Gasteiger partial charge >= 0.3 is 0 Å². The lowest BCUT2D eigenvalue weighted by Gasteiger charge is -2.23. The van der Waals surface area contributed by atoms with Crippen molar-refractivity contribution in [2.45, 2.75) is 33.1 Å². The molecule has 0 saturated carbocycles. The highest BCUT2D eigenvalue weighted by molar-refractivity contribution is 6.17. The molecule has 0 amide bonds. The highest BCUT2D eigenvalue weighted by atomic mass is 16.5. The lowest BCUT2D eigenvalue weighted by atomic mass is 9.76. The molecule has 0 aliphatic heterocycles. The minimum atomic E-state index is -1.16. The van der Waals surface area contributed by atoms with Crippen LogP contribution in [0, 0.1) is 5.41 Å². The zero-order valence-corrected chi connectivity index (χ0v) is 20.8. The second-order valence-corrected chi connectivity index (χ2v) is 8.06. The fourth-order valence-electron chi connectivity index (χ4n) is 3.52. The lowest BCUT2D eigenvalue weighted by Crippen LogP contribution is -2.34. The number of hydrogen-bond donors (Lipinski definition) is 0. The summed E-state index contributed by atoms with van der Waals surface area (Å²) in [6.07, 6.45) is 8.45. The third-order valence-corrected chi connectivity index (χ3v) is 5.79. The van der Waals surface area contributed by atoms with Crippen LogP contribution in [0.5, 0.6) is 23.0 Å². The summed E-state index contributed by atoms with van der Waals surface area (Å²) in [6, 6.07) is 10.8. The average molecular weight is 467 g/mol. The Labute approximate surface area is 202 Å². The number of allylic oxidation sites excluding steroid dienone is 2. The molecule has 0 bridgehead atoms. The van der Waals surface area contributed by atoms with Crippen molar-refractivity contribution in [1.82, 2.24) is 0 Å². The minimum absolute atomic E-state index is 0.238. The molecular weight excluding hydrogens is 432 g/mol. The lowest BCUT2D eigenvalue weighted by molar-refractivity contribution is -0.134. The Kier molecular flexibility index (Phi) is 9.92. The van der Waals surface area contributed by atoms with E-state index in [0.717, 1.165) is 24.0 Å². The first kappa shape index (κ1) is 26.7. The summed E-state index contributed by atoms with van der Waals surface area (Å²) in [5.74, 6) is 1.87. The normalized spacial score (nSPS) is 11.6. The molecule has 0 spiro atoms. The van der Waals surface area contributed by atoms with Crippen LogP contribution in [-0.4, -0.2) is 40.0 Å². The fraction of sp³-hybridized carbons (Fsp3) is 0.357. The standard InChI is InChI=1S/C28H34O6/c1-7-8-17-28(2,26(29)15-11-20-9-13-22(31-3)24(18-20)33-5)27(30)16-12-21-10-14-23(32-4)25(19-21)34-6/h9-16,18-19H,7-8,17H2,1-6H3/b15-11+,16-12+. The van der Waals surface area contributed by atoms with E-state index < -0.39 is 5.41 Å². The van der Waals surface area contributed by atoms with Gasteiger partial charge in [0.2, 0.25) is 0 Å². The Balaban J connectivity index is 2.27. The molecule has 0 radical (unpaired) electrons. The molecular formula is C28H34O6. The van der Waals surface area contributed by atoms with Crippen molar-refractivity contribution in [3.63, 3.8) is 0 Å². The third kappa shape index (κ3) is 6.50. The molecule has 0 saturated heterocycles. The molecule has 34 heavy (non-hydrogen) atoms. The first-order valence-electron chi connectivity index (χ1n) is 11.2. The Morgan fingerprint density at radius 1 is 0.735 bits per heavy atom. The molecule has 0 heterocycles. The molecule has 0 fully saturated rings. The first-order chi connectivity index (χ1) is 16.3. The van der Waals surface area contributed by atoms with Crippen LogP contribution in [0.4, 0.5) is 0 Å². The van der Waals surface area contributed by atoms with Gasteiger partial charge in [0.25, 0.3) is 0 Å². The van der Waals surface area contributed by atoms with Gasteiger partial charge in [-0.1, -0.05) is 44.1 Å². The van der Waals surface area contributed by atoms with Crippen molar-refractivity contribution < 1.29 is 28.5 Å². The zero-order valence-electron chi connectivity index (χ0n) is 20.8. The number of benzene rings is 2. The smallest absolute Gasteiger partial charge is 0.169 e. The van der Waals surface area contributed by atoms with Gasteiger partial charge in [-0.05, 0) is 60.9 Å². The second kappa shape index (κ2) is 12.6. The molecule has 0 aromatic heterocycles. The summed E-state index contributed by atoms with van der Waals surface area (Å²) in [5, 5.41) is 0. The monoisotopic (exact) mass is 466 g/mol. The van der Waals surface area contributed by atoms with Crippen LogP contribution in [0.3, 0.4) is 0 Å². The van der Waals surface area contributed by atoms with Crippen LogP contribution >= 0.6 is 0 Å². The van der Waals surface area contributed by atoms with E-state index in [0.29, 0.717) is 29.4 Å². The summed E-state index contributed by atoms with van der Waals surface area (Å²) in [4.78, 5) is 26.4. The highest BCUT2D eigenvalue weighted by Crippen LogP contribution is 2.32. The van der Waals surface area contributed by atoms with E-state index in [4.69, 9.17) is 18.9 Å². The Morgan fingerprint density at radius 2 is 1.15 bits per heavy atom. The third-order valence-electron chi connectivity index (χ3n) is 5.79. The highest BCUT2D eigenvalue weighted by Gasteiger charge is 2.37. The van der Waals surface area contributed by atoms with E-state index in [1.807, 2.05) is 19.1 Å². The molecule has 0 aliphatic rings. The maximum absolute atomic E-state index is 13.2. The van der Waals surface area contributed by atoms with Gasteiger partial charge in [-0.15, -0.1) is 0 Å². The first-order valence-corrected chi connectivity index (χ1v) is 11.2. The van der Waals surface area contributed by atoms with Crippen LogP contribution in [0.2, 0.25) is 0 Å². The Morgan fingerprint density at radius 3 is 1.50 bits per heavy atom. The maximum Gasteiger partial charge on any atom is 0.169 e. The second-order valence-electron chi connectivity index (χ2n) is 8.06. The summed E-state index contributed by atoms with van der Waals surface area (Å²) < 4.78 is 21.2. The number of rotatable bonds is 13. The van der Waals surface area contributed by atoms with Crippen molar-refractivity contribution in [3.05, 3.63) is 59.7 Å². The zero-order chi connectivity index (χ0) is 25.1. The summed E-state index contributed by atoms with van der Waals surface area (Å²) in [6.45, 7) is 3.75. The molecule has 0 atom stereocenters. The fourth-order valence-corrected chi connectivity index (χ4v) is 3.52. The van der Waals surface area contributed by atoms with E-state index in [2.05, 4.69) is 0 Å². The van der Waals surface area contributed by atoms with Gasteiger partial charge in [-0.3, -0.25) is 9.59 Å². The van der Waals surface area contributed by atoms with E-state index in [1.165, 1.54) is 12.2 Å². The van der Waals surface area contributed by atoms with Gasteiger partial charge in [-0.25, -0.2) is 0 Å². The number of hydrogen-bond acceptors (Lipinski definition) is 6. The summed E-state index contributed by atoms with van der Waals surface area (Å²) >= 11 is 0. The molecule has 2 aromatic carbocycles. The topological polar surface area (TPSA) is 71.1 Å². The molecule has 2 aromatic rings. The van der Waals surface area contributed by atoms with Crippen molar-refractivity contribution in [1.29, 1.82) is 0 Å². The van der Waals surface area contributed by atoms with Crippen molar-refractivity contribution in [2.24, 2.45) is 5.41 Å². The van der Waals surface area contributed by atoms with Gasteiger partial charge in [-0.2, -0.15) is 0 Å². The predicted octanol–water partition coefficient (Wildman–Crippen LogP) is 5.78. The van der Waals surface area contributed by atoms with Crippen LogP contribution in [-0.2, 0) is 9.59 Å². The quantitative estimate of drug-likeness (QED) is 0.275. The summed E-state index contributed by atoms with van der Waals surface area (Å²) in [5.41, 5.74) is 0.394. The number of ether oxygens (including phenoxy) is 4. The molecule has 0 aliphatic carbocycles. The molecule has 6 heteroatoms. The van der Waals surface area contributed by atoms with Gasteiger partial charge < -0.3 is 18.9 Å². The number of carbonyl (C=O) groups excluding carboxylic acids is 2. The van der Waals surface area contributed by atoms with Crippen molar-refractivity contribution >= 4 is 23.7 Å². The van der Waals surface area contributed by atoms with Crippen molar-refractivity contribution in [3.8, 4) is 23.0 Å². The number of carbonyl (C=O) groups is 2. The Hall–Kier alpha value is -3.54. The molecule has 0 N–H and O–H groups in total. The molecule has 2 rings (SSSR count). The van der Waals surface area contributed by atoms with Crippen LogP contribution in [0.25, 0.3) is 12.2 Å². The predicted molar refractivity (Wildman–Crippen MR) is 135 cm³/mol. The van der Waals surface area contributed by atoms with Crippen LogP contribution in [0.1, 0.15) is 44.2 Å². The van der Waals surface area contributed by atoms with Gasteiger partial charge in [0.1, 0.15) is 0 Å². The number of ketones is 2. The number of methoxy groups -OCH3 is 4.